The van der Waals surface area contributed by atoms with E-state index in [0.717, 1.165) is 16.1 Å². The molecule has 1 aromatic carbocycles. The maximum absolute atomic E-state index is 12.4. The average Bonchev–Trinajstić information content (AvgIpc) is 3.43. The van der Waals surface area contributed by atoms with Crippen molar-refractivity contribution in [1.29, 1.82) is 0 Å². The van der Waals surface area contributed by atoms with E-state index in [9.17, 15) is 4.79 Å². The smallest absolute Gasteiger partial charge is 0.248 e. The van der Waals surface area contributed by atoms with Crippen LogP contribution in [0.3, 0.4) is 0 Å². The molecule has 0 atom stereocenters. The number of nitrogens with zero attached hydrogens (tertiary/aromatic N) is 2. The summed E-state index contributed by atoms with van der Waals surface area (Å²) in [5.74, 6) is 0.953. The van der Waals surface area contributed by atoms with E-state index in [2.05, 4.69) is 21.6 Å². The van der Waals surface area contributed by atoms with Crippen molar-refractivity contribution in [3.63, 3.8) is 0 Å². The van der Waals surface area contributed by atoms with Crippen molar-refractivity contribution in [2.75, 3.05) is 5.32 Å². The molecule has 1 aliphatic rings. The molecule has 5 nitrogen and oxygen atoms in total. The van der Waals surface area contributed by atoms with Crippen molar-refractivity contribution >= 4 is 34.7 Å². The topological polar surface area (TPSA) is 68.0 Å². The second kappa shape index (κ2) is 8.71. The van der Waals surface area contributed by atoms with Gasteiger partial charge in [0.15, 0.2) is 0 Å². The number of rotatable bonds is 7. The number of para-hydroxylation sites is 1. The Morgan fingerprint density at radius 1 is 1.22 bits per heavy atom. The van der Waals surface area contributed by atoms with Gasteiger partial charge in [-0.25, -0.2) is 0 Å². The van der Waals surface area contributed by atoms with Gasteiger partial charge < -0.3 is 9.73 Å². The van der Waals surface area contributed by atoms with Gasteiger partial charge in [-0.15, -0.1) is 22.0 Å². The van der Waals surface area contributed by atoms with Crippen LogP contribution < -0.4 is 5.32 Å². The minimum atomic E-state index is -0.0373. The lowest BCUT2D eigenvalue weighted by molar-refractivity contribution is -0.116. The summed E-state index contributed by atoms with van der Waals surface area (Å²) < 4.78 is 5.64. The Balaban J connectivity index is 1.33. The summed E-state index contributed by atoms with van der Waals surface area (Å²) in [7, 11) is 0. The summed E-state index contributed by atoms with van der Waals surface area (Å²) in [6.45, 7) is 0. The zero-order chi connectivity index (χ0) is 18.5. The van der Waals surface area contributed by atoms with Crippen molar-refractivity contribution in [2.24, 2.45) is 0 Å². The molecule has 0 spiro atoms. The highest BCUT2D eigenvalue weighted by Crippen LogP contribution is 2.38. The molecule has 0 bridgehead atoms. The zero-order valence-corrected chi connectivity index (χ0v) is 16.5. The Morgan fingerprint density at radius 3 is 2.89 bits per heavy atom. The molecule has 1 N–H and O–H groups in total. The van der Waals surface area contributed by atoms with E-state index in [4.69, 9.17) is 4.42 Å². The predicted octanol–water partition coefficient (Wildman–Crippen LogP) is 5.40. The number of amides is 1. The summed E-state index contributed by atoms with van der Waals surface area (Å²) in [6, 6.07) is 9.98. The third kappa shape index (κ3) is 4.78. The number of aryl methyl sites for hydroxylation is 1. The molecule has 4 rings (SSSR count). The lowest BCUT2D eigenvalue weighted by atomic mass is 10.2. The Bertz CT molecular complexity index is 886. The first-order chi connectivity index (χ1) is 13.3. The fourth-order valence-corrected chi connectivity index (χ4v) is 5.11. The van der Waals surface area contributed by atoms with Gasteiger partial charge >= 0.3 is 0 Å². The maximum atomic E-state index is 12.4. The van der Waals surface area contributed by atoms with Gasteiger partial charge in [0.05, 0.1) is 5.69 Å². The van der Waals surface area contributed by atoms with Gasteiger partial charge in [-0.2, -0.15) is 11.3 Å². The molecule has 3 aromatic rings. The number of thioether (sulfide) groups is 1. The maximum Gasteiger partial charge on any atom is 0.248 e. The second-order valence-corrected chi connectivity index (χ2v) is 8.70. The highest BCUT2D eigenvalue weighted by atomic mass is 32.2. The van der Waals surface area contributed by atoms with Crippen LogP contribution >= 0.6 is 23.1 Å². The third-order valence-electron chi connectivity index (χ3n) is 4.56. The van der Waals surface area contributed by atoms with Crippen molar-refractivity contribution < 1.29 is 9.21 Å². The van der Waals surface area contributed by atoms with Gasteiger partial charge in [0.2, 0.25) is 17.7 Å². The monoisotopic (exact) mass is 399 g/mol. The largest absolute Gasteiger partial charge is 0.421 e. The van der Waals surface area contributed by atoms with Crippen LogP contribution in [-0.4, -0.2) is 21.4 Å². The van der Waals surface area contributed by atoms with Crippen LogP contribution in [-0.2, 0) is 11.2 Å². The molecule has 0 aliphatic heterocycles. The summed E-state index contributed by atoms with van der Waals surface area (Å²) in [5.41, 5.74) is 1.81. The molecule has 0 radical (unpaired) electrons. The molecule has 2 aromatic heterocycles. The summed E-state index contributed by atoms with van der Waals surface area (Å²) in [6.07, 6.45) is 5.88. The third-order valence-corrected chi connectivity index (χ3v) is 6.66. The molecule has 1 fully saturated rings. The van der Waals surface area contributed by atoms with E-state index in [1.54, 1.807) is 11.3 Å². The molecule has 2 heterocycles. The van der Waals surface area contributed by atoms with Crippen LogP contribution in [0.4, 0.5) is 5.69 Å². The Kier molecular flexibility index (Phi) is 5.89. The first-order valence-corrected chi connectivity index (χ1v) is 11.0. The van der Waals surface area contributed by atoms with Gasteiger partial charge in [0.1, 0.15) is 0 Å². The fraction of sp³-hybridized carbons (Fsp3) is 0.350. The number of hydrogen-bond donors (Lipinski definition) is 1. The van der Waals surface area contributed by atoms with E-state index >= 15 is 0 Å². The Labute approximate surface area is 166 Å². The Hall–Kier alpha value is -2.12. The van der Waals surface area contributed by atoms with Gasteiger partial charge in [-0.1, -0.05) is 25.0 Å². The minimum Gasteiger partial charge on any atom is -0.421 e. The van der Waals surface area contributed by atoms with Crippen LogP contribution in [0.15, 0.2) is 50.4 Å². The van der Waals surface area contributed by atoms with E-state index < -0.39 is 0 Å². The molecular weight excluding hydrogens is 378 g/mol. The van der Waals surface area contributed by atoms with Gasteiger partial charge in [-0.05, 0) is 36.4 Å². The highest BCUT2D eigenvalue weighted by molar-refractivity contribution is 8.00. The number of benzene rings is 1. The molecule has 7 heteroatoms. The molecule has 1 aliphatic carbocycles. The van der Waals surface area contributed by atoms with Crippen LogP contribution in [0, 0.1) is 0 Å². The van der Waals surface area contributed by atoms with Crippen LogP contribution in [0.2, 0.25) is 0 Å². The van der Waals surface area contributed by atoms with Gasteiger partial charge in [0, 0.05) is 33.9 Å². The Morgan fingerprint density at radius 2 is 2.07 bits per heavy atom. The zero-order valence-electron chi connectivity index (χ0n) is 14.9. The molecular formula is C20H21N3O2S2. The molecule has 0 saturated heterocycles. The number of carbonyl (C=O) groups is 1. The van der Waals surface area contributed by atoms with E-state index in [-0.39, 0.29) is 5.91 Å². The summed E-state index contributed by atoms with van der Waals surface area (Å²) >= 11 is 3.46. The highest BCUT2D eigenvalue weighted by Gasteiger charge is 2.18. The first-order valence-electron chi connectivity index (χ1n) is 9.18. The van der Waals surface area contributed by atoms with Crippen molar-refractivity contribution in [3.05, 3.63) is 47.0 Å². The molecule has 0 unspecified atom stereocenters. The normalized spacial score (nSPS) is 14.5. The SMILES string of the molecule is O=C(CCc1nnc(-c2ccsc2)o1)Nc1ccccc1SC1CCCC1. The van der Waals surface area contributed by atoms with Gasteiger partial charge in [-0.3, -0.25) is 4.79 Å². The second-order valence-electron chi connectivity index (χ2n) is 6.58. The lowest BCUT2D eigenvalue weighted by Gasteiger charge is -2.13. The first kappa shape index (κ1) is 18.3. The van der Waals surface area contributed by atoms with Crippen molar-refractivity contribution in [2.45, 2.75) is 48.7 Å². The predicted molar refractivity (Wildman–Crippen MR) is 109 cm³/mol. The average molecular weight is 400 g/mol. The number of aromatic nitrogens is 2. The number of carbonyl (C=O) groups excluding carboxylic acids is 1. The number of nitrogens with one attached hydrogen (secondary N) is 1. The fourth-order valence-electron chi connectivity index (χ4n) is 3.15. The number of hydrogen-bond acceptors (Lipinski definition) is 6. The number of anilines is 1. The van der Waals surface area contributed by atoms with E-state index in [1.807, 2.05) is 46.8 Å². The van der Waals surface area contributed by atoms with Gasteiger partial charge in [0.25, 0.3) is 0 Å². The quantitative estimate of drug-likeness (QED) is 0.576. The minimum absolute atomic E-state index is 0.0373. The summed E-state index contributed by atoms with van der Waals surface area (Å²) in [5, 5.41) is 15.7. The van der Waals surface area contributed by atoms with Crippen LogP contribution in [0.25, 0.3) is 11.5 Å². The number of thiophene rings is 1. The lowest BCUT2D eigenvalue weighted by Crippen LogP contribution is -2.13. The van der Waals surface area contributed by atoms with Crippen molar-refractivity contribution in [1.82, 2.24) is 10.2 Å². The summed E-state index contributed by atoms with van der Waals surface area (Å²) in [4.78, 5) is 13.6. The molecule has 27 heavy (non-hydrogen) atoms. The molecule has 1 amide bonds. The molecule has 1 saturated carbocycles. The standard InChI is InChI=1S/C20H21N3O2S2/c24-18(9-10-19-22-23-20(25-19)14-11-12-26-13-14)21-16-7-3-4-8-17(16)27-15-5-1-2-6-15/h3-4,7-8,11-13,15H,1-2,5-6,9-10H2,(H,21,24). The van der Waals surface area contributed by atoms with Crippen LogP contribution in [0.1, 0.15) is 38.0 Å². The molecule has 140 valence electrons. The van der Waals surface area contributed by atoms with Crippen molar-refractivity contribution in [3.8, 4) is 11.5 Å². The van der Waals surface area contributed by atoms with E-state index in [1.165, 1.54) is 25.7 Å². The van der Waals surface area contributed by atoms with Crippen LogP contribution in [0.5, 0.6) is 0 Å². The van der Waals surface area contributed by atoms with E-state index in [0.29, 0.717) is 29.9 Å².